The van der Waals surface area contributed by atoms with Crippen molar-refractivity contribution in [2.45, 2.75) is 51.8 Å². The molecule has 18 heavy (non-hydrogen) atoms. The standard InChI is InChI=1S/C16H25NO/c1-11(2)12(3)17(4)15-10-9-13-7-5-6-8-14(13)16(15)18/h5-8,11-12,15-16,18H,9-10H2,1-4H3. The summed E-state index contributed by atoms with van der Waals surface area (Å²) in [6, 6.07) is 9.04. The van der Waals surface area contributed by atoms with Crippen molar-refractivity contribution in [2.24, 2.45) is 5.92 Å². The van der Waals surface area contributed by atoms with Crippen molar-refractivity contribution in [2.75, 3.05) is 7.05 Å². The number of rotatable bonds is 3. The van der Waals surface area contributed by atoms with Gasteiger partial charge in [0, 0.05) is 12.1 Å². The largest absolute Gasteiger partial charge is 0.387 e. The Hall–Kier alpha value is -0.860. The van der Waals surface area contributed by atoms with E-state index in [4.69, 9.17) is 0 Å². The Morgan fingerprint density at radius 2 is 1.89 bits per heavy atom. The van der Waals surface area contributed by atoms with E-state index in [0.717, 1.165) is 18.4 Å². The van der Waals surface area contributed by atoms with E-state index in [1.165, 1.54) is 5.56 Å². The number of hydrogen-bond donors (Lipinski definition) is 1. The zero-order valence-corrected chi connectivity index (χ0v) is 11.9. The lowest BCUT2D eigenvalue weighted by Gasteiger charge is -2.40. The molecule has 3 atom stereocenters. The average molecular weight is 247 g/mol. The summed E-state index contributed by atoms with van der Waals surface area (Å²) in [6.45, 7) is 6.73. The molecule has 1 N–H and O–H groups in total. The molecule has 0 radical (unpaired) electrons. The van der Waals surface area contributed by atoms with Crippen LogP contribution < -0.4 is 0 Å². The number of benzene rings is 1. The van der Waals surface area contributed by atoms with Gasteiger partial charge in [-0.1, -0.05) is 38.1 Å². The summed E-state index contributed by atoms with van der Waals surface area (Å²) in [5, 5.41) is 10.6. The summed E-state index contributed by atoms with van der Waals surface area (Å²) >= 11 is 0. The van der Waals surface area contributed by atoms with Crippen LogP contribution in [0.15, 0.2) is 24.3 Å². The highest BCUT2D eigenvalue weighted by atomic mass is 16.3. The van der Waals surface area contributed by atoms with Crippen molar-refractivity contribution >= 4 is 0 Å². The average Bonchev–Trinajstić information content (AvgIpc) is 2.37. The second-order valence-electron chi connectivity index (χ2n) is 5.90. The maximum Gasteiger partial charge on any atom is 0.0947 e. The molecule has 0 spiro atoms. The second-order valence-corrected chi connectivity index (χ2v) is 5.90. The molecule has 0 saturated heterocycles. The highest BCUT2D eigenvalue weighted by Crippen LogP contribution is 2.33. The van der Waals surface area contributed by atoms with Crippen LogP contribution in [-0.2, 0) is 6.42 Å². The van der Waals surface area contributed by atoms with Crippen LogP contribution in [0.3, 0.4) is 0 Å². The van der Waals surface area contributed by atoms with E-state index in [2.05, 4.69) is 50.9 Å². The molecule has 0 saturated carbocycles. The van der Waals surface area contributed by atoms with Crippen molar-refractivity contribution in [3.63, 3.8) is 0 Å². The zero-order valence-electron chi connectivity index (χ0n) is 11.9. The summed E-state index contributed by atoms with van der Waals surface area (Å²) in [6.07, 6.45) is 1.78. The molecule has 0 aliphatic heterocycles. The molecule has 0 heterocycles. The van der Waals surface area contributed by atoms with Crippen LogP contribution in [0.25, 0.3) is 0 Å². The van der Waals surface area contributed by atoms with E-state index in [0.29, 0.717) is 12.0 Å². The molecule has 1 aliphatic rings. The zero-order chi connectivity index (χ0) is 13.3. The van der Waals surface area contributed by atoms with Gasteiger partial charge < -0.3 is 5.11 Å². The molecular weight excluding hydrogens is 222 g/mol. The van der Waals surface area contributed by atoms with Gasteiger partial charge >= 0.3 is 0 Å². The summed E-state index contributed by atoms with van der Waals surface area (Å²) < 4.78 is 0. The minimum Gasteiger partial charge on any atom is -0.387 e. The summed E-state index contributed by atoms with van der Waals surface area (Å²) in [5.41, 5.74) is 2.43. The molecule has 0 amide bonds. The number of aliphatic hydroxyl groups excluding tert-OH is 1. The first-order chi connectivity index (χ1) is 8.52. The van der Waals surface area contributed by atoms with Gasteiger partial charge in [-0.05, 0) is 43.9 Å². The third-order valence-corrected chi connectivity index (χ3v) is 4.58. The third-order valence-electron chi connectivity index (χ3n) is 4.58. The number of nitrogens with zero attached hydrogens (tertiary/aromatic N) is 1. The lowest BCUT2D eigenvalue weighted by molar-refractivity contribution is 0.0214. The molecule has 1 aromatic carbocycles. The fraction of sp³-hybridized carbons (Fsp3) is 0.625. The van der Waals surface area contributed by atoms with Gasteiger partial charge in [-0.2, -0.15) is 0 Å². The maximum absolute atomic E-state index is 10.6. The van der Waals surface area contributed by atoms with Crippen molar-refractivity contribution < 1.29 is 5.11 Å². The normalized spacial score (nSPS) is 25.3. The van der Waals surface area contributed by atoms with E-state index in [9.17, 15) is 5.11 Å². The summed E-state index contributed by atoms with van der Waals surface area (Å²) in [5.74, 6) is 0.611. The van der Waals surface area contributed by atoms with Crippen LogP contribution in [-0.4, -0.2) is 29.1 Å². The van der Waals surface area contributed by atoms with Gasteiger partial charge in [0.05, 0.1) is 6.10 Å². The number of aliphatic hydroxyl groups is 1. The van der Waals surface area contributed by atoms with Crippen molar-refractivity contribution in [1.29, 1.82) is 0 Å². The molecule has 1 aromatic rings. The smallest absolute Gasteiger partial charge is 0.0947 e. The van der Waals surface area contributed by atoms with Crippen molar-refractivity contribution in [1.82, 2.24) is 4.90 Å². The molecule has 100 valence electrons. The molecular formula is C16H25NO. The fourth-order valence-electron chi connectivity index (χ4n) is 2.92. The van der Waals surface area contributed by atoms with E-state index in [1.54, 1.807) is 0 Å². The van der Waals surface area contributed by atoms with Crippen molar-refractivity contribution in [3.8, 4) is 0 Å². The van der Waals surface area contributed by atoms with Gasteiger partial charge in [-0.15, -0.1) is 0 Å². The quantitative estimate of drug-likeness (QED) is 0.887. The van der Waals surface area contributed by atoms with Crippen LogP contribution in [0.5, 0.6) is 0 Å². The summed E-state index contributed by atoms with van der Waals surface area (Å²) in [4.78, 5) is 2.35. The minimum atomic E-state index is -0.346. The monoisotopic (exact) mass is 247 g/mol. The van der Waals surface area contributed by atoms with Gasteiger partial charge in [-0.25, -0.2) is 0 Å². The Labute approximate surface area is 111 Å². The topological polar surface area (TPSA) is 23.5 Å². The lowest BCUT2D eigenvalue weighted by atomic mass is 9.84. The van der Waals surface area contributed by atoms with Crippen LogP contribution in [0.4, 0.5) is 0 Å². The molecule has 2 heteroatoms. The molecule has 0 fully saturated rings. The Bertz CT molecular complexity index is 402. The minimum absolute atomic E-state index is 0.247. The number of hydrogen-bond acceptors (Lipinski definition) is 2. The molecule has 0 bridgehead atoms. The van der Waals surface area contributed by atoms with E-state index in [1.807, 2.05) is 6.07 Å². The number of likely N-dealkylation sites (N-methyl/N-ethyl adjacent to an activating group) is 1. The van der Waals surface area contributed by atoms with Gasteiger partial charge in [0.25, 0.3) is 0 Å². The first-order valence-electron chi connectivity index (χ1n) is 7.00. The van der Waals surface area contributed by atoms with Crippen LogP contribution in [0, 0.1) is 5.92 Å². The Morgan fingerprint density at radius 3 is 2.56 bits per heavy atom. The number of fused-ring (bicyclic) bond motifs is 1. The Morgan fingerprint density at radius 1 is 1.22 bits per heavy atom. The van der Waals surface area contributed by atoms with Crippen molar-refractivity contribution in [3.05, 3.63) is 35.4 Å². The van der Waals surface area contributed by atoms with Crippen LogP contribution in [0.2, 0.25) is 0 Å². The molecule has 1 aliphatic carbocycles. The lowest BCUT2D eigenvalue weighted by Crippen LogP contribution is -2.46. The highest BCUT2D eigenvalue weighted by Gasteiger charge is 2.32. The van der Waals surface area contributed by atoms with Gasteiger partial charge in [0.2, 0.25) is 0 Å². The first kappa shape index (κ1) is 13.6. The SMILES string of the molecule is CC(C)C(C)N(C)C1CCc2ccccc2C1O. The predicted octanol–water partition coefficient (Wildman–Crippen LogP) is 3.01. The van der Waals surface area contributed by atoms with Gasteiger partial charge in [0.1, 0.15) is 0 Å². The second kappa shape index (κ2) is 5.41. The third kappa shape index (κ3) is 2.45. The van der Waals surface area contributed by atoms with Crippen LogP contribution in [0.1, 0.15) is 44.4 Å². The van der Waals surface area contributed by atoms with E-state index in [-0.39, 0.29) is 12.1 Å². The van der Waals surface area contributed by atoms with E-state index >= 15 is 0 Å². The maximum atomic E-state index is 10.6. The summed E-state index contributed by atoms with van der Waals surface area (Å²) in [7, 11) is 2.15. The molecule has 3 unspecified atom stereocenters. The van der Waals surface area contributed by atoms with E-state index < -0.39 is 0 Å². The molecule has 2 rings (SSSR count). The molecule has 0 aromatic heterocycles. The molecule has 2 nitrogen and oxygen atoms in total. The van der Waals surface area contributed by atoms with Crippen LogP contribution >= 0.6 is 0 Å². The highest BCUT2D eigenvalue weighted by molar-refractivity contribution is 5.32. The fourth-order valence-corrected chi connectivity index (χ4v) is 2.92. The van der Waals surface area contributed by atoms with Gasteiger partial charge in [-0.3, -0.25) is 4.90 Å². The predicted molar refractivity (Wildman–Crippen MR) is 75.6 cm³/mol. The Balaban J connectivity index is 2.18. The van der Waals surface area contributed by atoms with Gasteiger partial charge in [0.15, 0.2) is 0 Å². The number of aryl methyl sites for hydroxylation is 1. The first-order valence-corrected chi connectivity index (χ1v) is 7.00. The Kier molecular flexibility index (Phi) is 4.08.